The van der Waals surface area contributed by atoms with E-state index in [1.807, 2.05) is 18.2 Å². The Labute approximate surface area is 133 Å². The summed E-state index contributed by atoms with van der Waals surface area (Å²) in [5.41, 5.74) is 1.52. The molecule has 1 N–H and O–H groups in total. The highest BCUT2D eigenvalue weighted by molar-refractivity contribution is 9.10. The van der Waals surface area contributed by atoms with E-state index in [9.17, 15) is 13.9 Å². The van der Waals surface area contributed by atoms with Crippen LogP contribution in [0, 0.1) is 11.6 Å². The molecule has 0 aliphatic heterocycles. The minimum atomic E-state index is -0.774. The number of aliphatic hydroxyl groups is 1. The number of aromatic nitrogens is 1. The maximum absolute atomic E-state index is 13.9. The summed E-state index contributed by atoms with van der Waals surface area (Å²) in [6.07, 6.45) is 0. The Hall–Kier alpha value is -2.05. The Morgan fingerprint density at radius 1 is 1.09 bits per heavy atom. The third kappa shape index (κ3) is 2.55. The lowest BCUT2D eigenvalue weighted by molar-refractivity contribution is 0.281. The van der Waals surface area contributed by atoms with Crippen LogP contribution in [0.5, 0.6) is 0 Å². The van der Waals surface area contributed by atoms with Crippen molar-refractivity contribution >= 4 is 15.9 Å². The largest absolute Gasteiger partial charge is 0.391 e. The van der Waals surface area contributed by atoms with Crippen LogP contribution >= 0.6 is 15.9 Å². The van der Waals surface area contributed by atoms with Crippen molar-refractivity contribution in [1.82, 2.24) is 5.16 Å². The summed E-state index contributed by atoms with van der Waals surface area (Å²) in [6.45, 7) is -0.383. The molecule has 0 aliphatic rings. The molecule has 3 nitrogen and oxygen atoms in total. The Morgan fingerprint density at radius 2 is 1.86 bits per heavy atom. The maximum Gasteiger partial charge on any atom is 0.175 e. The van der Waals surface area contributed by atoms with Crippen LogP contribution in [0.15, 0.2) is 51.5 Å². The molecule has 0 saturated heterocycles. The van der Waals surface area contributed by atoms with Gasteiger partial charge in [0.05, 0.1) is 17.7 Å². The van der Waals surface area contributed by atoms with Crippen LogP contribution in [-0.4, -0.2) is 10.3 Å². The molecule has 0 saturated carbocycles. The molecule has 1 heterocycles. The summed E-state index contributed by atoms with van der Waals surface area (Å²) in [5, 5.41) is 13.6. The van der Waals surface area contributed by atoms with Gasteiger partial charge in [-0.05, 0) is 18.2 Å². The van der Waals surface area contributed by atoms with Crippen molar-refractivity contribution in [3.05, 3.63) is 64.1 Å². The fraction of sp³-hybridized carbons (Fsp3) is 0.0625. The lowest BCUT2D eigenvalue weighted by Gasteiger charge is -2.04. The van der Waals surface area contributed by atoms with Crippen molar-refractivity contribution < 1.29 is 18.4 Å². The van der Waals surface area contributed by atoms with E-state index < -0.39 is 11.6 Å². The predicted octanol–water partition coefficient (Wildman–Crippen LogP) is 4.54. The van der Waals surface area contributed by atoms with Gasteiger partial charge < -0.3 is 9.63 Å². The minimum Gasteiger partial charge on any atom is -0.391 e. The Balaban J connectivity index is 2.18. The fourth-order valence-electron chi connectivity index (χ4n) is 2.21. The number of hydrogen-bond donors (Lipinski definition) is 1. The summed E-state index contributed by atoms with van der Waals surface area (Å²) in [6, 6.07) is 10.4. The van der Waals surface area contributed by atoms with Crippen LogP contribution in [0.1, 0.15) is 5.56 Å². The van der Waals surface area contributed by atoms with Gasteiger partial charge in [-0.3, -0.25) is 0 Å². The molecule has 0 spiro atoms. The highest BCUT2D eigenvalue weighted by atomic mass is 79.9. The van der Waals surface area contributed by atoms with Crippen LogP contribution in [-0.2, 0) is 6.61 Å². The summed E-state index contributed by atoms with van der Waals surface area (Å²) < 4.78 is 32.9. The molecule has 3 aromatic rings. The first-order chi connectivity index (χ1) is 10.6. The van der Waals surface area contributed by atoms with E-state index in [0.717, 1.165) is 16.6 Å². The summed E-state index contributed by atoms with van der Waals surface area (Å²) in [5.74, 6) is -1.37. The quantitative estimate of drug-likeness (QED) is 0.740. The molecule has 0 radical (unpaired) electrons. The normalized spacial score (nSPS) is 10.9. The van der Waals surface area contributed by atoms with Crippen LogP contribution in [0.3, 0.4) is 0 Å². The van der Waals surface area contributed by atoms with Crippen LogP contribution in [0.2, 0.25) is 0 Å². The second-order valence-corrected chi connectivity index (χ2v) is 5.46. The lowest BCUT2D eigenvalue weighted by Crippen LogP contribution is -1.92. The van der Waals surface area contributed by atoms with E-state index in [1.165, 1.54) is 6.07 Å². The highest BCUT2D eigenvalue weighted by Crippen LogP contribution is 2.36. The minimum absolute atomic E-state index is 0.0521. The van der Waals surface area contributed by atoms with Crippen LogP contribution in [0.4, 0.5) is 8.78 Å². The second-order valence-electron chi connectivity index (χ2n) is 4.60. The predicted molar refractivity (Wildman–Crippen MR) is 80.9 cm³/mol. The van der Waals surface area contributed by atoms with Crippen molar-refractivity contribution in [2.45, 2.75) is 6.61 Å². The van der Waals surface area contributed by atoms with Crippen molar-refractivity contribution in [2.24, 2.45) is 0 Å². The molecule has 0 bridgehead atoms. The number of aliphatic hydroxyl groups excluding tert-OH is 1. The van der Waals surface area contributed by atoms with Gasteiger partial charge in [0.1, 0.15) is 17.3 Å². The number of benzene rings is 2. The first-order valence-corrected chi connectivity index (χ1v) is 7.21. The monoisotopic (exact) mass is 365 g/mol. The molecule has 1 aromatic heterocycles. The van der Waals surface area contributed by atoms with Gasteiger partial charge in [0, 0.05) is 16.1 Å². The van der Waals surface area contributed by atoms with E-state index in [4.69, 9.17) is 4.52 Å². The molecule has 22 heavy (non-hydrogen) atoms. The molecule has 112 valence electrons. The van der Waals surface area contributed by atoms with Crippen LogP contribution < -0.4 is 0 Å². The van der Waals surface area contributed by atoms with Gasteiger partial charge in [0.25, 0.3) is 0 Å². The van der Waals surface area contributed by atoms with E-state index in [0.29, 0.717) is 16.8 Å². The van der Waals surface area contributed by atoms with E-state index in [1.54, 1.807) is 6.07 Å². The zero-order chi connectivity index (χ0) is 15.7. The van der Waals surface area contributed by atoms with Crippen molar-refractivity contribution in [2.75, 3.05) is 0 Å². The van der Waals surface area contributed by atoms with E-state index >= 15 is 0 Å². The van der Waals surface area contributed by atoms with Gasteiger partial charge in [-0.15, -0.1) is 0 Å². The standard InChI is InChI=1S/C16H10BrF2NO2/c17-13-4-2-1-3-10(13)15-12(8-21)16(22-20-15)11-6-5-9(18)7-14(11)19/h1-7,21H,8H2. The molecule has 3 rings (SSSR count). The average Bonchev–Trinajstić information content (AvgIpc) is 2.91. The Morgan fingerprint density at radius 3 is 2.55 bits per heavy atom. The van der Waals surface area contributed by atoms with Crippen molar-refractivity contribution in [3.63, 3.8) is 0 Å². The molecule has 2 aromatic carbocycles. The SMILES string of the molecule is OCc1c(-c2ccccc2Br)noc1-c1ccc(F)cc1F. The maximum atomic E-state index is 13.9. The van der Waals surface area contributed by atoms with Crippen molar-refractivity contribution in [1.29, 1.82) is 0 Å². The smallest absolute Gasteiger partial charge is 0.175 e. The third-order valence-electron chi connectivity index (χ3n) is 3.25. The molecular weight excluding hydrogens is 356 g/mol. The molecule has 0 atom stereocenters. The molecular formula is C16H10BrF2NO2. The van der Waals surface area contributed by atoms with Gasteiger partial charge in [0.15, 0.2) is 5.76 Å². The topological polar surface area (TPSA) is 46.3 Å². The molecule has 0 amide bonds. The van der Waals surface area contributed by atoms with Crippen molar-refractivity contribution in [3.8, 4) is 22.6 Å². The Kier molecular flexibility index (Phi) is 4.04. The van der Waals surface area contributed by atoms with Crippen LogP contribution in [0.25, 0.3) is 22.6 Å². The van der Waals surface area contributed by atoms with Gasteiger partial charge >= 0.3 is 0 Å². The van der Waals surface area contributed by atoms with E-state index in [-0.39, 0.29) is 17.9 Å². The Bertz CT molecular complexity index is 833. The van der Waals surface area contributed by atoms with Gasteiger partial charge in [-0.1, -0.05) is 39.3 Å². The number of rotatable bonds is 3. The van der Waals surface area contributed by atoms with Gasteiger partial charge in [-0.2, -0.15) is 0 Å². The zero-order valence-electron chi connectivity index (χ0n) is 11.2. The number of hydrogen-bond acceptors (Lipinski definition) is 3. The average molecular weight is 366 g/mol. The molecule has 0 fully saturated rings. The first-order valence-electron chi connectivity index (χ1n) is 6.41. The van der Waals surface area contributed by atoms with Gasteiger partial charge in [0.2, 0.25) is 0 Å². The molecule has 0 aliphatic carbocycles. The zero-order valence-corrected chi connectivity index (χ0v) is 12.8. The summed E-state index contributed by atoms with van der Waals surface area (Å²) in [4.78, 5) is 0. The summed E-state index contributed by atoms with van der Waals surface area (Å²) >= 11 is 3.40. The summed E-state index contributed by atoms with van der Waals surface area (Å²) in [7, 11) is 0. The highest BCUT2D eigenvalue weighted by Gasteiger charge is 2.22. The second kappa shape index (κ2) is 5.98. The molecule has 6 heteroatoms. The first kappa shape index (κ1) is 14.9. The van der Waals surface area contributed by atoms with Gasteiger partial charge in [-0.25, -0.2) is 8.78 Å². The number of nitrogens with zero attached hydrogens (tertiary/aromatic N) is 1. The van der Waals surface area contributed by atoms with E-state index in [2.05, 4.69) is 21.1 Å². The third-order valence-corrected chi connectivity index (χ3v) is 3.94. The fourth-order valence-corrected chi connectivity index (χ4v) is 2.68. The number of halogens is 3. The lowest BCUT2D eigenvalue weighted by atomic mass is 10.0. The molecule has 0 unspecified atom stereocenters.